The monoisotopic (exact) mass is 421 g/mol. The van der Waals surface area contributed by atoms with Crippen LogP contribution in [0.2, 0.25) is 0 Å². The van der Waals surface area contributed by atoms with Crippen molar-refractivity contribution in [1.29, 1.82) is 0 Å². The molecule has 0 unspecified atom stereocenters. The summed E-state index contributed by atoms with van der Waals surface area (Å²) in [5, 5.41) is 10.7. The molecule has 0 aliphatic carbocycles. The van der Waals surface area contributed by atoms with Crippen LogP contribution in [-0.2, 0) is 13.6 Å². The van der Waals surface area contributed by atoms with Crippen LogP contribution < -0.4 is 10.6 Å². The van der Waals surface area contributed by atoms with E-state index in [0.29, 0.717) is 6.54 Å². The number of aryl methyl sites for hydroxylation is 1. The summed E-state index contributed by atoms with van der Waals surface area (Å²) in [5.41, 5.74) is 0. The minimum Gasteiger partial charge on any atom is -0.357 e. The van der Waals surface area contributed by atoms with E-state index in [0.717, 1.165) is 31.3 Å². The first kappa shape index (κ1) is 19.1. The van der Waals surface area contributed by atoms with E-state index in [2.05, 4.69) is 37.5 Å². The molecule has 1 aromatic rings. The summed E-state index contributed by atoms with van der Waals surface area (Å²) in [5.74, 6) is 1.71. The summed E-state index contributed by atoms with van der Waals surface area (Å²) >= 11 is 0. The molecule has 2 rings (SSSR count). The van der Waals surface area contributed by atoms with Crippen LogP contribution in [0, 0.1) is 0 Å². The van der Waals surface area contributed by atoms with Gasteiger partial charge in [-0.1, -0.05) is 0 Å². The largest absolute Gasteiger partial charge is 0.357 e. The summed E-state index contributed by atoms with van der Waals surface area (Å²) in [4.78, 5) is 11.3. The molecule has 1 aliphatic rings. The number of nitrogens with one attached hydrogen (secondary N) is 2. The first-order valence-electron chi connectivity index (χ1n) is 7.87. The van der Waals surface area contributed by atoms with Crippen molar-refractivity contribution in [3.05, 3.63) is 12.2 Å². The van der Waals surface area contributed by atoms with Gasteiger partial charge in [-0.3, -0.25) is 4.68 Å². The molecule has 8 heteroatoms. The van der Waals surface area contributed by atoms with Crippen molar-refractivity contribution in [3.63, 3.8) is 0 Å². The smallest absolute Gasteiger partial charge is 0.191 e. The lowest BCUT2D eigenvalue weighted by molar-refractivity contribution is 0.334. The van der Waals surface area contributed by atoms with Crippen LogP contribution in [0.1, 0.15) is 32.0 Å². The van der Waals surface area contributed by atoms with Crippen LogP contribution >= 0.6 is 24.0 Å². The lowest BCUT2D eigenvalue weighted by atomic mass is 10.4. The summed E-state index contributed by atoms with van der Waals surface area (Å²) in [6.45, 7) is 8.12. The molecule has 1 saturated heterocycles. The molecule has 22 heavy (non-hydrogen) atoms. The van der Waals surface area contributed by atoms with Gasteiger partial charge in [-0.15, -0.1) is 24.0 Å². The quantitative estimate of drug-likeness (QED) is 0.297. The molecular weight excluding hydrogens is 393 g/mol. The maximum atomic E-state index is 4.54. The van der Waals surface area contributed by atoms with Crippen LogP contribution in [0.15, 0.2) is 11.3 Å². The zero-order chi connectivity index (χ0) is 14.9. The van der Waals surface area contributed by atoms with Crippen LogP contribution in [0.4, 0.5) is 0 Å². The number of likely N-dealkylation sites (tertiary alicyclic amines) is 1. The van der Waals surface area contributed by atoms with Crippen molar-refractivity contribution < 1.29 is 0 Å². The van der Waals surface area contributed by atoms with Gasteiger partial charge in [0.05, 0.1) is 0 Å². The normalized spacial score (nSPS) is 15.6. The Hall–Kier alpha value is -0.900. The second kappa shape index (κ2) is 10.8. The van der Waals surface area contributed by atoms with E-state index < -0.39 is 0 Å². The Labute approximate surface area is 150 Å². The van der Waals surface area contributed by atoms with E-state index in [9.17, 15) is 0 Å². The number of hydrogen-bond donors (Lipinski definition) is 2. The zero-order valence-corrected chi connectivity index (χ0v) is 15.9. The van der Waals surface area contributed by atoms with Gasteiger partial charge >= 0.3 is 0 Å². The third kappa shape index (κ3) is 6.47. The molecule has 0 bridgehead atoms. The number of hydrogen-bond acceptors (Lipinski definition) is 4. The van der Waals surface area contributed by atoms with Gasteiger partial charge in [0.2, 0.25) is 0 Å². The lowest BCUT2D eigenvalue weighted by Crippen LogP contribution is -2.38. The molecule has 0 radical (unpaired) electrons. The van der Waals surface area contributed by atoms with Crippen LogP contribution in [-0.4, -0.2) is 58.3 Å². The summed E-state index contributed by atoms with van der Waals surface area (Å²) in [6, 6.07) is 0. The first-order chi connectivity index (χ1) is 10.3. The SMILES string of the molecule is CCNC(=NCc1ncnn1C)NCCCN1CCCC1.I. The van der Waals surface area contributed by atoms with E-state index in [1.807, 2.05) is 7.05 Å². The molecule has 0 amide bonds. The molecule has 0 atom stereocenters. The summed E-state index contributed by atoms with van der Waals surface area (Å²) < 4.78 is 1.75. The highest BCUT2D eigenvalue weighted by Crippen LogP contribution is 2.06. The molecule has 0 spiro atoms. The first-order valence-corrected chi connectivity index (χ1v) is 7.87. The van der Waals surface area contributed by atoms with E-state index in [-0.39, 0.29) is 24.0 Å². The molecule has 1 aliphatic heterocycles. The number of rotatable bonds is 7. The van der Waals surface area contributed by atoms with Gasteiger partial charge in [-0.05, 0) is 45.8 Å². The number of nitrogens with zero attached hydrogens (tertiary/aromatic N) is 5. The Morgan fingerprint density at radius 3 is 2.73 bits per heavy atom. The Kier molecular flexibility index (Phi) is 9.37. The lowest BCUT2D eigenvalue weighted by Gasteiger charge is -2.15. The number of halogens is 1. The highest BCUT2D eigenvalue weighted by atomic mass is 127. The summed E-state index contributed by atoms with van der Waals surface area (Å²) in [7, 11) is 1.88. The molecule has 2 N–H and O–H groups in total. The third-order valence-electron chi connectivity index (χ3n) is 3.67. The van der Waals surface area contributed by atoms with E-state index >= 15 is 0 Å². The zero-order valence-electron chi connectivity index (χ0n) is 13.6. The standard InChI is InChI=1S/C14H27N7.HI/c1-3-15-14(17-11-13-18-12-19-20(13)2)16-7-6-10-21-8-4-5-9-21;/h12H,3-11H2,1-2H3,(H2,15,16,17);1H. The predicted molar refractivity (Wildman–Crippen MR) is 99.5 cm³/mol. The van der Waals surface area contributed by atoms with Crippen molar-refractivity contribution in [1.82, 2.24) is 30.3 Å². The Morgan fingerprint density at radius 2 is 2.09 bits per heavy atom. The highest BCUT2D eigenvalue weighted by molar-refractivity contribution is 14.0. The molecule has 126 valence electrons. The average molecular weight is 421 g/mol. The van der Waals surface area contributed by atoms with E-state index in [1.165, 1.54) is 32.5 Å². The highest BCUT2D eigenvalue weighted by Gasteiger charge is 2.10. The molecule has 2 heterocycles. The van der Waals surface area contributed by atoms with E-state index in [1.54, 1.807) is 11.0 Å². The fraction of sp³-hybridized carbons (Fsp3) is 0.786. The average Bonchev–Trinajstić information content (AvgIpc) is 3.12. The second-order valence-electron chi connectivity index (χ2n) is 5.32. The van der Waals surface area contributed by atoms with Gasteiger partial charge in [0.1, 0.15) is 18.7 Å². The van der Waals surface area contributed by atoms with Gasteiger partial charge in [0.25, 0.3) is 0 Å². The van der Waals surface area contributed by atoms with Crippen molar-refractivity contribution in [2.24, 2.45) is 12.0 Å². The fourth-order valence-corrected chi connectivity index (χ4v) is 2.47. The maximum absolute atomic E-state index is 4.54. The van der Waals surface area contributed by atoms with Gasteiger partial charge < -0.3 is 15.5 Å². The fourth-order valence-electron chi connectivity index (χ4n) is 2.47. The molecule has 1 fully saturated rings. The van der Waals surface area contributed by atoms with Crippen LogP contribution in [0.3, 0.4) is 0 Å². The summed E-state index contributed by atoms with van der Waals surface area (Å²) in [6.07, 6.45) is 5.42. The number of guanidine groups is 1. The molecule has 7 nitrogen and oxygen atoms in total. The van der Waals surface area contributed by atoms with Crippen molar-refractivity contribution >= 4 is 29.9 Å². The van der Waals surface area contributed by atoms with Crippen LogP contribution in [0.25, 0.3) is 0 Å². The third-order valence-corrected chi connectivity index (χ3v) is 3.67. The number of aromatic nitrogens is 3. The van der Waals surface area contributed by atoms with Crippen molar-refractivity contribution in [2.45, 2.75) is 32.7 Å². The van der Waals surface area contributed by atoms with Gasteiger partial charge in [-0.2, -0.15) is 5.10 Å². The number of aliphatic imine (C=N–C) groups is 1. The van der Waals surface area contributed by atoms with E-state index in [4.69, 9.17) is 0 Å². The minimum absolute atomic E-state index is 0. The molecule has 1 aromatic heterocycles. The van der Waals surface area contributed by atoms with Crippen LogP contribution in [0.5, 0.6) is 0 Å². The molecule has 0 saturated carbocycles. The Morgan fingerprint density at radius 1 is 1.32 bits per heavy atom. The molecular formula is C14H28IN7. The van der Waals surface area contributed by atoms with Gasteiger partial charge in [0.15, 0.2) is 5.96 Å². The predicted octanol–water partition coefficient (Wildman–Crippen LogP) is 0.974. The minimum atomic E-state index is 0. The Balaban J connectivity index is 0.00000242. The van der Waals surface area contributed by atoms with Crippen molar-refractivity contribution in [3.8, 4) is 0 Å². The van der Waals surface area contributed by atoms with Gasteiger partial charge in [-0.25, -0.2) is 9.98 Å². The Bertz CT molecular complexity index is 440. The van der Waals surface area contributed by atoms with Crippen molar-refractivity contribution in [2.75, 3.05) is 32.7 Å². The molecule has 0 aromatic carbocycles. The van der Waals surface area contributed by atoms with Gasteiger partial charge in [0, 0.05) is 20.1 Å². The second-order valence-corrected chi connectivity index (χ2v) is 5.32. The topological polar surface area (TPSA) is 70.4 Å². The maximum Gasteiger partial charge on any atom is 0.191 e.